The van der Waals surface area contributed by atoms with E-state index in [1.165, 1.54) is 6.07 Å². The summed E-state index contributed by atoms with van der Waals surface area (Å²) >= 11 is 6.41. The molecule has 0 fully saturated rings. The molecular formula is C37H40ClF3N2O3. The average Bonchev–Trinajstić information content (AvgIpc) is 3.03. The number of nitrogens with zero attached hydrogens (tertiary/aromatic N) is 1. The van der Waals surface area contributed by atoms with Crippen LogP contribution in [0.25, 0.3) is 0 Å². The summed E-state index contributed by atoms with van der Waals surface area (Å²) in [7, 11) is 0. The van der Waals surface area contributed by atoms with E-state index in [-0.39, 0.29) is 11.6 Å². The lowest BCUT2D eigenvalue weighted by molar-refractivity contribution is -0.143. The van der Waals surface area contributed by atoms with E-state index in [0.29, 0.717) is 43.9 Å². The predicted molar refractivity (Wildman–Crippen MR) is 176 cm³/mol. The van der Waals surface area contributed by atoms with Gasteiger partial charge in [-0.2, -0.15) is 13.2 Å². The second-order valence-electron chi connectivity index (χ2n) is 12.0. The van der Waals surface area contributed by atoms with Crippen LogP contribution >= 0.6 is 11.6 Å². The van der Waals surface area contributed by atoms with Gasteiger partial charge in [-0.05, 0) is 74.1 Å². The van der Waals surface area contributed by atoms with Crippen LogP contribution in [-0.4, -0.2) is 41.2 Å². The van der Waals surface area contributed by atoms with Crippen molar-refractivity contribution in [1.82, 2.24) is 10.2 Å². The van der Waals surface area contributed by atoms with Gasteiger partial charge in [0.25, 0.3) is 0 Å². The normalized spacial score (nSPS) is 12.3. The average molecular weight is 653 g/mol. The van der Waals surface area contributed by atoms with Crippen LogP contribution < -0.4 is 10.1 Å². The molecule has 0 aliphatic rings. The largest absolute Gasteiger partial charge is 0.494 e. The Morgan fingerprint density at radius 1 is 0.870 bits per heavy atom. The molecule has 244 valence electrons. The first-order valence-electron chi connectivity index (χ1n) is 15.2. The number of hydrogen-bond donors (Lipinski definition) is 2. The van der Waals surface area contributed by atoms with Gasteiger partial charge in [-0.25, -0.2) is 0 Å². The summed E-state index contributed by atoms with van der Waals surface area (Å²) in [4.78, 5) is 13.5. The Morgan fingerprint density at radius 2 is 1.48 bits per heavy atom. The molecule has 0 unspecified atom stereocenters. The van der Waals surface area contributed by atoms with Crippen molar-refractivity contribution in [2.75, 3.05) is 19.7 Å². The molecule has 0 saturated heterocycles. The third kappa shape index (κ3) is 8.69. The summed E-state index contributed by atoms with van der Waals surface area (Å²) < 4.78 is 47.5. The maximum atomic E-state index is 13.8. The zero-order chi connectivity index (χ0) is 33.4. The molecule has 0 radical (unpaired) electrons. The fraction of sp³-hybridized carbons (Fsp3) is 0.324. The molecular weight excluding hydrogens is 613 g/mol. The third-order valence-corrected chi connectivity index (χ3v) is 8.75. The van der Waals surface area contributed by atoms with Gasteiger partial charge in [0, 0.05) is 19.6 Å². The van der Waals surface area contributed by atoms with Crippen molar-refractivity contribution in [2.45, 2.75) is 57.4 Å². The van der Waals surface area contributed by atoms with E-state index in [4.69, 9.17) is 16.3 Å². The van der Waals surface area contributed by atoms with Crippen molar-refractivity contribution >= 4 is 17.6 Å². The number of carboxylic acids is 1. The van der Waals surface area contributed by atoms with Crippen LogP contribution in [-0.2, 0) is 29.5 Å². The lowest BCUT2D eigenvalue weighted by Gasteiger charge is -2.43. The molecule has 0 aliphatic heterocycles. The monoisotopic (exact) mass is 652 g/mol. The summed E-state index contributed by atoms with van der Waals surface area (Å²) in [6, 6.07) is 31.6. The Balaban J connectivity index is 1.55. The SMILES string of the molecule is CC(C)(NCCc1cccc(OCCCN(Cc2cccc(C(F)(F)F)c2Cl)C(C)(c2ccccc2)c2ccccc2)c1)C(=O)O. The van der Waals surface area contributed by atoms with Gasteiger partial charge in [-0.15, -0.1) is 0 Å². The summed E-state index contributed by atoms with van der Waals surface area (Å²) in [5, 5.41) is 12.1. The van der Waals surface area contributed by atoms with Crippen LogP contribution in [0, 0.1) is 0 Å². The van der Waals surface area contributed by atoms with Crippen LogP contribution in [0.3, 0.4) is 0 Å². The Hall–Kier alpha value is -3.85. The van der Waals surface area contributed by atoms with Gasteiger partial charge < -0.3 is 15.2 Å². The first-order chi connectivity index (χ1) is 21.8. The Kier molecular flexibility index (Phi) is 11.5. The van der Waals surface area contributed by atoms with E-state index < -0.39 is 28.8 Å². The molecule has 2 N–H and O–H groups in total. The predicted octanol–water partition coefficient (Wildman–Crippen LogP) is 8.59. The van der Waals surface area contributed by atoms with Crippen molar-refractivity contribution in [1.29, 1.82) is 0 Å². The summed E-state index contributed by atoms with van der Waals surface area (Å²) in [6.07, 6.45) is -3.35. The van der Waals surface area contributed by atoms with Gasteiger partial charge in [0.1, 0.15) is 11.3 Å². The second-order valence-corrected chi connectivity index (χ2v) is 12.3. The highest BCUT2D eigenvalue weighted by Crippen LogP contribution is 2.40. The van der Waals surface area contributed by atoms with E-state index in [2.05, 4.69) is 17.1 Å². The van der Waals surface area contributed by atoms with Gasteiger partial charge >= 0.3 is 12.1 Å². The number of ether oxygens (including phenoxy) is 1. The van der Waals surface area contributed by atoms with Gasteiger partial charge in [-0.3, -0.25) is 9.69 Å². The fourth-order valence-corrected chi connectivity index (χ4v) is 5.77. The minimum atomic E-state index is -4.56. The molecule has 5 nitrogen and oxygen atoms in total. The van der Waals surface area contributed by atoms with Gasteiger partial charge in [0.2, 0.25) is 0 Å². The molecule has 0 aromatic heterocycles. The molecule has 0 saturated carbocycles. The molecule has 9 heteroatoms. The lowest BCUT2D eigenvalue weighted by Crippen LogP contribution is -2.47. The third-order valence-electron chi connectivity index (χ3n) is 8.30. The van der Waals surface area contributed by atoms with Gasteiger partial charge in [0.05, 0.1) is 22.7 Å². The molecule has 4 rings (SSSR count). The number of aliphatic carboxylic acids is 1. The molecule has 4 aromatic carbocycles. The van der Waals surface area contributed by atoms with E-state index in [9.17, 15) is 23.1 Å². The van der Waals surface area contributed by atoms with Crippen LogP contribution in [0.1, 0.15) is 55.0 Å². The molecule has 0 bridgehead atoms. The number of alkyl halides is 3. The van der Waals surface area contributed by atoms with Crippen LogP contribution in [0.5, 0.6) is 5.75 Å². The quantitative estimate of drug-likeness (QED) is 0.126. The lowest BCUT2D eigenvalue weighted by atomic mass is 9.82. The number of carboxylic acid groups (broad SMARTS) is 1. The number of rotatable bonds is 15. The highest BCUT2D eigenvalue weighted by molar-refractivity contribution is 6.32. The maximum absolute atomic E-state index is 13.8. The molecule has 0 spiro atoms. The van der Waals surface area contributed by atoms with Crippen molar-refractivity contribution in [3.8, 4) is 5.75 Å². The zero-order valence-corrected chi connectivity index (χ0v) is 27.0. The standard InChI is InChI=1S/C37H40ClF3N2O3/c1-35(2,34(44)45)42-22-21-27-13-10-19-31(25-27)46-24-12-23-43(26-28-14-11-20-32(33(28)38)37(39,40)41)36(3,29-15-6-4-7-16-29)30-17-8-5-9-18-30/h4-11,13-20,25,42H,12,21-24,26H2,1-3H3,(H,44,45). The smallest absolute Gasteiger partial charge is 0.417 e. The van der Waals surface area contributed by atoms with Crippen molar-refractivity contribution < 1.29 is 27.8 Å². The van der Waals surface area contributed by atoms with Crippen molar-refractivity contribution in [3.05, 3.63) is 136 Å². The molecule has 0 heterocycles. The Labute approximate surface area is 274 Å². The van der Waals surface area contributed by atoms with Crippen molar-refractivity contribution in [2.24, 2.45) is 0 Å². The summed E-state index contributed by atoms with van der Waals surface area (Å²) in [5.74, 6) is -0.221. The fourth-order valence-electron chi connectivity index (χ4n) is 5.48. The number of halogens is 4. The molecule has 0 amide bonds. The van der Waals surface area contributed by atoms with Crippen LogP contribution in [0.4, 0.5) is 13.2 Å². The number of hydrogen-bond acceptors (Lipinski definition) is 4. The number of nitrogens with one attached hydrogen (secondary N) is 1. The van der Waals surface area contributed by atoms with Gasteiger partial charge in [0.15, 0.2) is 0 Å². The zero-order valence-electron chi connectivity index (χ0n) is 26.3. The molecule has 0 aliphatic carbocycles. The molecule has 0 atom stereocenters. The topological polar surface area (TPSA) is 61.8 Å². The number of benzene rings is 4. The highest BCUT2D eigenvalue weighted by atomic mass is 35.5. The van der Waals surface area contributed by atoms with Crippen LogP contribution in [0.15, 0.2) is 103 Å². The van der Waals surface area contributed by atoms with Gasteiger partial charge in [-0.1, -0.05) is 96.5 Å². The summed E-state index contributed by atoms with van der Waals surface area (Å²) in [6.45, 7) is 6.88. The molecule has 4 aromatic rings. The van der Waals surface area contributed by atoms with E-state index >= 15 is 0 Å². The van der Waals surface area contributed by atoms with E-state index in [1.54, 1.807) is 19.9 Å². The first-order valence-corrected chi connectivity index (χ1v) is 15.6. The number of carbonyl (C=O) groups is 1. The first kappa shape index (κ1) is 35.0. The maximum Gasteiger partial charge on any atom is 0.417 e. The minimum absolute atomic E-state index is 0.179. The summed E-state index contributed by atoms with van der Waals surface area (Å²) in [5.41, 5.74) is 0.826. The van der Waals surface area contributed by atoms with E-state index in [1.807, 2.05) is 84.9 Å². The highest BCUT2D eigenvalue weighted by Gasteiger charge is 2.38. The van der Waals surface area contributed by atoms with Crippen molar-refractivity contribution in [3.63, 3.8) is 0 Å². The second kappa shape index (κ2) is 15.2. The Bertz CT molecular complexity index is 1540. The minimum Gasteiger partial charge on any atom is -0.494 e. The molecule has 46 heavy (non-hydrogen) atoms. The Morgan fingerprint density at radius 3 is 2.07 bits per heavy atom. The van der Waals surface area contributed by atoms with Crippen LogP contribution in [0.2, 0.25) is 5.02 Å². The van der Waals surface area contributed by atoms with E-state index in [0.717, 1.165) is 22.8 Å².